The summed E-state index contributed by atoms with van der Waals surface area (Å²) in [4.78, 5) is 26.6. The first-order chi connectivity index (χ1) is 23.3. The second kappa shape index (κ2) is 14.8. The van der Waals surface area contributed by atoms with Crippen molar-refractivity contribution in [2.24, 2.45) is 0 Å². The minimum absolute atomic E-state index is 0.0430. The lowest BCUT2D eigenvalue weighted by atomic mass is 9.99. The summed E-state index contributed by atoms with van der Waals surface area (Å²) in [5.41, 5.74) is 0.722. The highest BCUT2D eigenvalue weighted by atomic mass is 16.7. The van der Waals surface area contributed by atoms with Gasteiger partial charge in [0.1, 0.15) is 54.9 Å². The van der Waals surface area contributed by atoms with Crippen LogP contribution in [0.4, 0.5) is 5.69 Å². The molecule has 49 heavy (non-hydrogen) atoms. The van der Waals surface area contributed by atoms with Crippen LogP contribution in [-0.4, -0.2) is 151 Å². The molecule has 0 aliphatic carbocycles. The second-order valence-electron chi connectivity index (χ2n) is 11.6. The standard InChI is InChI=1S/C31H37NO17/c1-45-19-6-12(2-4-17(19)46-30-27(41)25(39)23(37)20(10-33)48-30)3-5-22(36)32-14-9-18(16(35)8-13(14)7-15(32)29(43)44)47-31-28(42)26(40)24(38)21(11-34)49-31/h2-6,8-9,15,20-21,23-28,30-31,33-35,37-42H,7,10-11H2,1H3,(H,43,44)/t15-,20+,21+,23+,24+,25-,26-,27+,28+,30+,31+/m0/s1. The van der Waals surface area contributed by atoms with Crippen LogP contribution in [0.3, 0.4) is 0 Å². The van der Waals surface area contributed by atoms with E-state index < -0.39 is 98.3 Å². The smallest absolute Gasteiger partial charge is 0.327 e. The number of carboxylic acids is 1. The van der Waals surface area contributed by atoms with Gasteiger partial charge in [-0.1, -0.05) is 6.07 Å². The van der Waals surface area contributed by atoms with E-state index in [1.54, 1.807) is 0 Å². The van der Waals surface area contributed by atoms with Gasteiger partial charge in [0.15, 0.2) is 23.0 Å². The fourth-order valence-electron chi connectivity index (χ4n) is 5.73. The maximum absolute atomic E-state index is 13.5. The number of carbonyl (C=O) groups excluding carboxylic acids is 1. The van der Waals surface area contributed by atoms with Gasteiger partial charge in [-0.15, -0.1) is 0 Å². The number of methoxy groups -OCH3 is 1. The van der Waals surface area contributed by atoms with E-state index in [4.69, 9.17) is 23.7 Å². The summed E-state index contributed by atoms with van der Waals surface area (Å²) in [5.74, 6) is -2.83. The fraction of sp³-hybridized carbons (Fsp3) is 0.484. The van der Waals surface area contributed by atoms with E-state index in [1.807, 2.05) is 0 Å². The molecule has 3 heterocycles. The van der Waals surface area contributed by atoms with E-state index in [2.05, 4.69) is 0 Å². The van der Waals surface area contributed by atoms with Crippen LogP contribution in [0.25, 0.3) is 6.08 Å². The van der Waals surface area contributed by atoms with Gasteiger partial charge in [0.05, 0.1) is 26.0 Å². The number of aromatic hydroxyl groups is 1. The zero-order valence-corrected chi connectivity index (χ0v) is 25.8. The van der Waals surface area contributed by atoms with Crippen LogP contribution < -0.4 is 19.1 Å². The third kappa shape index (κ3) is 7.15. The number of rotatable bonds is 10. The van der Waals surface area contributed by atoms with Crippen molar-refractivity contribution >= 4 is 23.6 Å². The zero-order chi connectivity index (χ0) is 35.7. The minimum Gasteiger partial charge on any atom is -0.504 e. The van der Waals surface area contributed by atoms with Gasteiger partial charge in [-0.25, -0.2) is 4.79 Å². The molecule has 2 saturated heterocycles. The Morgan fingerprint density at radius 3 is 1.92 bits per heavy atom. The zero-order valence-electron chi connectivity index (χ0n) is 25.8. The van der Waals surface area contributed by atoms with E-state index >= 15 is 0 Å². The number of amides is 1. The van der Waals surface area contributed by atoms with Gasteiger partial charge in [0.25, 0.3) is 5.91 Å². The molecule has 2 aromatic rings. The first-order valence-electron chi connectivity index (χ1n) is 15.0. The van der Waals surface area contributed by atoms with Crippen LogP contribution >= 0.6 is 0 Å². The number of nitrogens with zero attached hydrogens (tertiary/aromatic N) is 1. The van der Waals surface area contributed by atoms with Crippen LogP contribution in [0.2, 0.25) is 0 Å². The third-order valence-electron chi connectivity index (χ3n) is 8.46. The molecule has 0 aromatic heterocycles. The van der Waals surface area contributed by atoms with Crippen molar-refractivity contribution < 1.29 is 84.3 Å². The number of phenols is 1. The lowest BCUT2D eigenvalue weighted by Gasteiger charge is -2.39. The van der Waals surface area contributed by atoms with Crippen LogP contribution in [0.1, 0.15) is 11.1 Å². The predicted octanol–water partition coefficient (Wildman–Crippen LogP) is -3.19. The number of anilines is 1. The summed E-state index contributed by atoms with van der Waals surface area (Å²) in [6, 6.07) is 5.30. The van der Waals surface area contributed by atoms with Crippen molar-refractivity contribution in [3.63, 3.8) is 0 Å². The molecule has 268 valence electrons. The first-order valence-corrected chi connectivity index (χ1v) is 15.0. The number of hydrogen-bond acceptors (Lipinski definition) is 16. The van der Waals surface area contributed by atoms with E-state index in [1.165, 1.54) is 37.5 Å². The average Bonchev–Trinajstić information content (AvgIpc) is 3.46. The van der Waals surface area contributed by atoms with E-state index in [0.717, 1.165) is 17.0 Å². The lowest BCUT2D eigenvalue weighted by molar-refractivity contribution is -0.277. The van der Waals surface area contributed by atoms with Gasteiger partial charge in [0, 0.05) is 18.6 Å². The van der Waals surface area contributed by atoms with Crippen molar-refractivity contribution in [1.82, 2.24) is 0 Å². The maximum Gasteiger partial charge on any atom is 0.327 e. The number of aliphatic carboxylic acids is 1. The van der Waals surface area contributed by atoms with Crippen molar-refractivity contribution in [2.45, 2.75) is 73.9 Å². The summed E-state index contributed by atoms with van der Waals surface area (Å²) < 4.78 is 27.2. The Morgan fingerprint density at radius 2 is 1.39 bits per heavy atom. The Hall–Kier alpha value is -4.08. The van der Waals surface area contributed by atoms with Crippen LogP contribution in [0.15, 0.2) is 36.4 Å². The molecule has 0 bridgehead atoms. The molecule has 0 unspecified atom stereocenters. The Morgan fingerprint density at radius 1 is 0.816 bits per heavy atom. The Balaban J connectivity index is 1.36. The van der Waals surface area contributed by atoms with Gasteiger partial charge >= 0.3 is 5.97 Å². The van der Waals surface area contributed by atoms with Crippen molar-refractivity contribution in [3.8, 4) is 23.0 Å². The molecule has 18 heteroatoms. The third-order valence-corrected chi connectivity index (χ3v) is 8.46. The fourth-order valence-corrected chi connectivity index (χ4v) is 5.73. The quantitative estimate of drug-likeness (QED) is 0.110. The molecule has 5 rings (SSSR count). The highest BCUT2D eigenvalue weighted by Gasteiger charge is 2.46. The van der Waals surface area contributed by atoms with Crippen LogP contribution in [0.5, 0.6) is 23.0 Å². The van der Waals surface area contributed by atoms with E-state index in [0.29, 0.717) is 5.56 Å². The molecule has 1 amide bonds. The number of hydrogen-bond donors (Lipinski definition) is 10. The number of aliphatic hydroxyl groups is 8. The van der Waals surface area contributed by atoms with Gasteiger partial charge < -0.3 is 74.7 Å². The number of aliphatic hydroxyl groups excluding tert-OH is 8. The number of ether oxygens (including phenoxy) is 5. The number of benzene rings is 2. The number of carboxylic acid groups (broad SMARTS) is 1. The number of fused-ring (bicyclic) bond motifs is 1. The van der Waals surface area contributed by atoms with Gasteiger partial charge in [-0.2, -0.15) is 0 Å². The Labute approximate surface area is 277 Å². The molecule has 2 aromatic carbocycles. The SMILES string of the molecule is COc1cc(C=CC(=O)N2c3cc(O[C@@H]4O[C@H](CO)[C@@H](O)[C@H](O)[C@H]4O)c(O)cc3C[C@H]2C(=O)O)ccc1O[C@@H]1O[C@H](CO)[C@@H](O)[C@H](O)[C@H]1O. The number of carbonyl (C=O) groups is 2. The normalized spacial score (nSPS) is 32.9. The highest BCUT2D eigenvalue weighted by Crippen LogP contribution is 2.42. The molecule has 3 aliphatic heterocycles. The predicted molar refractivity (Wildman–Crippen MR) is 162 cm³/mol. The second-order valence-corrected chi connectivity index (χ2v) is 11.6. The molecular weight excluding hydrogens is 658 g/mol. The van der Waals surface area contributed by atoms with Crippen molar-refractivity contribution in [2.75, 3.05) is 25.2 Å². The lowest BCUT2D eigenvalue weighted by Crippen LogP contribution is -2.60. The van der Waals surface area contributed by atoms with Crippen molar-refractivity contribution in [1.29, 1.82) is 0 Å². The first kappa shape index (κ1) is 36.2. The Kier molecular flexibility index (Phi) is 10.9. The molecule has 11 atom stereocenters. The molecule has 2 fully saturated rings. The summed E-state index contributed by atoms with van der Waals surface area (Å²) in [5, 5.41) is 100. The summed E-state index contributed by atoms with van der Waals surface area (Å²) >= 11 is 0. The minimum atomic E-state index is -1.80. The highest BCUT2D eigenvalue weighted by molar-refractivity contribution is 6.09. The van der Waals surface area contributed by atoms with Crippen molar-refractivity contribution in [3.05, 3.63) is 47.5 Å². The number of phenolic OH excluding ortho intramolecular Hbond substituents is 1. The molecular formula is C31H37NO17. The maximum atomic E-state index is 13.5. The molecule has 18 nitrogen and oxygen atoms in total. The van der Waals surface area contributed by atoms with Gasteiger partial charge in [0.2, 0.25) is 12.6 Å². The van der Waals surface area contributed by atoms with Gasteiger partial charge in [-0.3, -0.25) is 9.69 Å². The average molecular weight is 696 g/mol. The topological polar surface area (TPSA) is 286 Å². The van der Waals surface area contributed by atoms with Gasteiger partial charge in [-0.05, 0) is 35.4 Å². The molecule has 10 N–H and O–H groups in total. The molecule has 0 radical (unpaired) electrons. The Bertz CT molecular complexity index is 1550. The molecule has 0 spiro atoms. The monoisotopic (exact) mass is 695 g/mol. The summed E-state index contributed by atoms with van der Waals surface area (Å²) in [6.45, 7) is -1.38. The molecule has 0 saturated carbocycles. The van der Waals surface area contributed by atoms with Crippen LogP contribution in [-0.2, 0) is 25.5 Å². The molecule has 3 aliphatic rings. The summed E-state index contributed by atoms with van der Waals surface area (Å²) in [7, 11) is 1.31. The van der Waals surface area contributed by atoms with E-state index in [-0.39, 0.29) is 34.9 Å². The van der Waals surface area contributed by atoms with E-state index in [9.17, 15) is 60.7 Å². The summed E-state index contributed by atoms with van der Waals surface area (Å²) in [6.07, 6.45) is -13.5. The largest absolute Gasteiger partial charge is 0.504 e. The van der Waals surface area contributed by atoms with Crippen LogP contribution in [0, 0.1) is 0 Å².